The van der Waals surface area contributed by atoms with E-state index < -0.39 is 0 Å². The lowest BCUT2D eigenvalue weighted by Crippen LogP contribution is -2.01. The molecule has 0 unspecified atom stereocenters. The quantitative estimate of drug-likeness (QED) is 0.760. The highest BCUT2D eigenvalue weighted by Crippen LogP contribution is 2.34. The maximum Gasteiger partial charge on any atom is 0.120 e. The van der Waals surface area contributed by atoms with Gasteiger partial charge in [0.2, 0.25) is 0 Å². The summed E-state index contributed by atoms with van der Waals surface area (Å²) in [5.41, 5.74) is 2.50. The Balaban J connectivity index is 0.000000637. The summed E-state index contributed by atoms with van der Waals surface area (Å²) < 4.78 is 10.7. The summed E-state index contributed by atoms with van der Waals surface area (Å²) >= 11 is 0. The third-order valence-corrected chi connectivity index (χ3v) is 3.25. The van der Waals surface area contributed by atoms with Crippen LogP contribution in [-0.2, 0) is 11.2 Å². The molecule has 2 aromatic rings. The second kappa shape index (κ2) is 5.49. The molecule has 0 aliphatic heterocycles. The second-order valence-corrected chi connectivity index (χ2v) is 4.22. The van der Waals surface area contributed by atoms with Gasteiger partial charge in [0.05, 0.1) is 14.2 Å². The van der Waals surface area contributed by atoms with Gasteiger partial charge in [-0.1, -0.05) is 18.2 Å². The zero-order valence-electron chi connectivity index (χ0n) is 11.1. The molecule has 0 N–H and O–H groups in total. The third-order valence-electron chi connectivity index (χ3n) is 3.25. The number of hydrogen-bond acceptors (Lipinski definition) is 2. The van der Waals surface area contributed by atoms with Crippen LogP contribution in [0.4, 0.5) is 0 Å². The Kier molecular flexibility index (Phi) is 3.77. The van der Waals surface area contributed by atoms with E-state index in [0.29, 0.717) is 0 Å². The smallest absolute Gasteiger partial charge is 0.120 e. The SMILES string of the molecule is C#C.COC1=Cc2cc(OC)cc3cccc(c23)C1. The topological polar surface area (TPSA) is 18.5 Å². The van der Waals surface area contributed by atoms with Crippen LogP contribution < -0.4 is 4.74 Å². The summed E-state index contributed by atoms with van der Waals surface area (Å²) in [6.45, 7) is 0. The monoisotopic (exact) mass is 252 g/mol. The molecule has 0 saturated carbocycles. The maximum absolute atomic E-state index is 5.37. The number of methoxy groups -OCH3 is 2. The fourth-order valence-corrected chi connectivity index (χ4v) is 2.43. The highest BCUT2D eigenvalue weighted by Gasteiger charge is 2.14. The lowest BCUT2D eigenvalue weighted by molar-refractivity contribution is 0.287. The van der Waals surface area contributed by atoms with Crippen LogP contribution in [0.2, 0.25) is 0 Å². The van der Waals surface area contributed by atoms with Crippen LogP contribution in [0, 0.1) is 12.8 Å². The van der Waals surface area contributed by atoms with Crippen LogP contribution in [0.1, 0.15) is 11.1 Å². The molecule has 0 atom stereocenters. The molecule has 96 valence electrons. The maximum atomic E-state index is 5.37. The number of hydrogen-bond donors (Lipinski definition) is 0. The van der Waals surface area contributed by atoms with Crippen molar-refractivity contribution in [1.82, 2.24) is 0 Å². The summed E-state index contributed by atoms with van der Waals surface area (Å²) in [6, 6.07) is 10.5. The standard InChI is InChI=1S/C15H14O2.C2H2/c1-16-13-6-10-4-3-5-11-7-14(17-2)9-12(8-13)15(10)11;1-2/h3-6,8-9H,7H2,1-2H3;1-2H. The molecule has 0 radical (unpaired) electrons. The van der Waals surface area contributed by atoms with Gasteiger partial charge in [0, 0.05) is 6.42 Å². The summed E-state index contributed by atoms with van der Waals surface area (Å²) in [4.78, 5) is 0. The van der Waals surface area contributed by atoms with Crippen molar-refractivity contribution in [2.24, 2.45) is 0 Å². The Morgan fingerprint density at radius 3 is 2.53 bits per heavy atom. The molecule has 2 aromatic carbocycles. The van der Waals surface area contributed by atoms with E-state index >= 15 is 0 Å². The van der Waals surface area contributed by atoms with Crippen molar-refractivity contribution in [3.8, 4) is 18.6 Å². The van der Waals surface area contributed by atoms with Crippen molar-refractivity contribution in [2.75, 3.05) is 14.2 Å². The Morgan fingerprint density at radius 2 is 1.84 bits per heavy atom. The molecule has 0 aromatic heterocycles. The molecule has 0 saturated heterocycles. The summed E-state index contributed by atoms with van der Waals surface area (Å²) in [6.07, 6.45) is 11.0. The average Bonchev–Trinajstić information content (AvgIpc) is 2.49. The lowest BCUT2D eigenvalue weighted by atomic mass is 9.92. The molecule has 1 aliphatic carbocycles. The van der Waals surface area contributed by atoms with Crippen molar-refractivity contribution < 1.29 is 9.47 Å². The van der Waals surface area contributed by atoms with Crippen LogP contribution in [0.25, 0.3) is 16.8 Å². The van der Waals surface area contributed by atoms with E-state index in [-0.39, 0.29) is 0 Å². The highest BCUT2D eigenvalue weighted by atomic mass is 16.5. The zero-order chi connectivity index (χ0) is 13.8. The van der Waals surface area contributed by atoms with E-state index in [1.165, 1.54) is 21.9 Å². The van der Waals surface area contributed by atoms with E-state index in [4.69, 9.17) is 9.47 Å². The van der Waals surface area contributed by atoms with Crippen LogP contribution in [0.5, 0.6) is 5.75 Å². The number of rotatable bonds is 2. The van der Waals surface area contributed by atoms with E-state index in [0.717, 1.165) is 17.9 Å². The minimum absolute atomic E-state index is 0.868. The third kappa shape index (κ3) is 2.28. The van der Waals surface area contributed by atoms with Crippen molar-refractivity contribution in [3.05, 3.63) is 47.2 Å². The van der Waals surface area contributed by atoms with Gasteiger partial charge in [-0.25, -0.2) is 0 Å². The minimum Gasteiger partial charge on any atom is -0.501 e. The van der Waals surface area contributed by atoms with Crippen LogP contribution in [0.3, 0.4) is 0 Å². The number of terminal acetylenes is 1. The molecule has 2 nitrogen and oxygen atoms in total. The number of ether oxygens (including phenoxy) is 2. The van der Waals surface area contributed by atoms with Crippen LogP contribution in [-0.4, -0.2) is 14.2 Å². The molecule has 2 heteroatoms. The van der Waals surface area contributed by atoms with Gasteiger partial charge in [0.25, 0.3) is 0 Å². The Hall–Kier alpha value is -2.40. The Bertz CT molecular complexity index is 651. The van der Waals surface area contributed by atoms with Crippen molar-refractivity contribution in [1.29, 1.82) is 0 Å². The molecule has 19 heavy (non-hydrogen) atoms. The average molecular weight is 252 g/mol. The largest absolute Gasteiger partial charge is 0.501 e. The van der Waals surface area contributed by atoms with Gasteiger partial charge < -0.3 is 9.47 Å². The lowest BCUT2D eigenvalue weighted by Gasteiger charge is -2.18. The first kappa shape index (κ1) is 13.0. The number of benzene rings is 2. The summed E-state index contributed by atoms with van der Waals surface area (Å²) in [5, 5.41) is 2.54. The molecule has 0 fully saturated rings. The highest BCUT2D eigenvalue weighted by molar-refractivity contribution is 5.96. The van der Waals surface area contributed by atoms with Crippen molar-refractivity contribution >= 4 is 16.8 Å². The Morgan fingerprint density at radius 1 is 1.05 bits per heavy atom. The van der Waals surface area contributed by atoms with Crippen LogP contribution >= 0.6 is 0 Å². The number of allylic oxidation sites excluding steroid dienone is 1. The van der Waals surface area contributed by atoms with E-state index in [1.54, 1.807) is 14.2 Å². The summed E-state index contributed by atoms with van der Waals surface area (Å²) in [7, 11) is 3.42. The molecule has 1 aliphatic rings. The zero-order valence-corrected chi connectivity index (χ0v) is 11.1. The van der Waals surface area contributed by atoms with Crippen LogP contribution in [0.15, 0.2) is 36.1 Å². The van der Waals surface area contributed by atoms with Gasteiger partial charge in [-0.2, -0.15) is 0 Å². The first-order chi connectivity index (χ1) is 9.31. The van der Waals surface area contributed by atoms with Gasteiger partial charge in [0.15, 0.2) is 0 Å². The predicted octanol–water partition coefficient (Wildman–Crippen LogP) is 3.64. The fraction of sp³-hybridized carbons (Fsp3) is 0.176. The molecule has 0 heterocycles. The van der Waals surface area contributed by atoms with Crippen molar-refractivity contribution in [3.63, 3.8) is 0 Å². The normalized spacial score (nSPS) is 12.1. The van der Waals surface area contributed by atoms with E-state index in [9.17, 15) is 0 Å². The van der Waals surface area contributed by atoms with Crippen molar-refractivity contribution in [2.45, 2.75) is 6.42 Å². The minimum atomic E-state index is 0.868. The van der Waals surface area contributed by atoms with E-state index in [2.05, 4.69) is 49.3 Å². The molecule has 0 spiro atoms. The summed E-state index contributed by atoms with van der Waals surface area (Å²) in [5.74, 6) is 1.89. The van der Waals surface area contributed by atoms with Gasteiger partial charge in [0.1, 0.15) is 11.5 Å². The molecular weight excluding hydrogens is 236 g/mol. The van der Waals surface area contributed by atoms with Gasteiger partial charge in [-0.05, 0) is 40.1 Å². The first-order valence-corrected chi connectivity index (χ1v) is 5.99. The molecule has 3 rings (SSSR count). The van der Waals surface area contributed by atoms with Gasteiger partial charge >= 0.3 is 0 Å². The van der Waals surface area contributed by atoms with E-state index in [1.807, 2.05) is 0 Å². The molecule has 0 amide bonds. The molecular formula is C17H16O2. The second-order valence-electron chi connectivity index (χ2n) is 4.22. The van der Waals surface area contributed by atoms with Gasteiger partial charge in [-0.3, -0.25) is 0 Å². The molecule has 0 bridgehead atoms. The fourth-order valence-electron chi connectivity index (χ4n) is 2.43. The first-order valence-electron chi connectivity index (χ1n) is 5.99. The van der Waals surface area contributed by atoms with Gasteiger partial charge in [-0.15, -0.1) is 12.8 Å². The Labute approximate surface area is 113 Å². The predicted molar refractivity (Wildman–Crippen MR) is 79.1 cm³/mol.